The van der Waals surface area contributed by atoms with E-state index in [9.17, 15) is 0 Å². The quantitative estimate of drug-likeness (QED) is 0.134. The van der Waals surface area contributed by atoms with Crippen LogP contribution in [0.5, 0.6) is 0 Å². The van der Waals surface area contributed by atoms with Crippen LogP contribution in [0, 0.1) is 53.4 Å². The lowest BCUT2D eigenvalue weighted by atomic mass is 9.34. The average molecular weight is 943 g/mol. The third-order valence-corrected chi connectivity index (χ3v) is 18.4. The number of rotatable bonds is 8. The molecule has 9 aromatic carbocycles. The molecule has 4 fully saturated rings. The lowest BCUT2D eigenvalue weighted by Gasteiger charge is -2.63. The third-order valence-electron chi connectivity index (χ3n) is 18.4. The van der Waals surface area contributed by atoms with Crippen LogP contribution in [0.15, 0.2) is 188 Å². The molecule has 0 N–H and O–H groups in total. The van der Waals surface area contributed by atoms with Gasteiger partial charge in [-0.15, -0.1) is 0 Å². The summed E-state index contributed by atoms with van der Waals surface area (Å²) in [7, 11) is 0. The van der Waals surface area contributed by atoms with E-state index in [4.69, 9.17) is 0 Å². The Balaban J connectivity index is 0.839. The van der Waals surface area contributed by atoms with Crippen molar-refractivity contribution in [1.29, 1.82) is 0 Å². The Morgan fingerprint density at radius 2 is 0.808 bits per heavy atom. The predicted octanol–water partition coefficient (Wildman–Crippen LogP) is 15.7. The second kappa shape index (κ2) is 16.6. The minimum absolute atomic E-state index is 0.103. The van der Waals surface area contributed by atoms with Gasteiger partial charge in [0, 0.05) is 32.9 Å². The lowest BCUT2D eigenvalue weighted by molar-refractivity contribution is -0.0281. The maximum atomic E-state index is 2.53. The van der Waals surface area contributed by atoms with Crippen LogP contribution in [0.1, 0.15) is 83.0 Å². The van der Waals surface area contributed by atoms with Crippen LogP contribution >= 0.6 is 0 Å². The zero-order valence-corrected chi connectivity index (χ0v) is 43.3. The second-order valence-corrected chi connectivity index (χ2v) is 23.3. The van der Waals surface area contributed by atoms with Crippen molar-refractivity contribution in [2.24, 2.45) is 11.8 Å². The van der Waals surface area contributed by atoms with E-state index in [0.29, 0.717) is 0 Å². The number of fused-ring (bicyclic) bond motifs is 6. The van der Waals surface area contributed by atoms with E-state index >= 15 is 0 Å². The van der Waals surface area contributed by atoms with Gasteiger partial charge in [0.15, 0.2) is 0 Å². The van der Waals surface area contributed by atoms with Gasteiger partial charge in [0.1, 0.15) is 0 Å². The number of hydrogen-bond donors (Lipinski definition) is 0. The minimum atomic E-state index is 0.103. The molecule has 0 spiro atoms. The Hall–Kier alpha value is -7.36. The largest absolute Gasteiger partial charge is 0.309 e. The summed E-state index contributed by atoms with van der Waals surface area (Å²) in [6, 6.07) is 72.5. The van der Waals surface area contributed by atoms with Gasteiger partial charge in [-0.1, -0.05) is 183 Å². The fourth-order valence-electron chi connectivity index (χ4n) is 16.1. The third kappa shape index (κ3) is 6.98. The van der Waals surface area contributed by atoms with E-state index in [-0.39, 0.29) is 17.5 Å². The Kier molecular flexibility index (Phi) is 10.1. The molecule has 0 aliphatic heterocycles. The molecule has 2 unspecified atom stereocenters. The lowest BCUT2D eigenvalue weighted by Crippen LogP contribution is -2.55. The van der Waals surface area contributed by atoms with E-state index in [1.807, 2.05) is 0 Å². The summed E-state index contributed by atoms with van der Waals surface area (Å²) >= 11 is 0. The highest BCUT2D eigenvalue weighted by Crippen LogP contribution is 2.66. The van der Waals surface area contributed by atoms with E-state index in [1.165, 1.54) is 154 Å². The number of aryl methyl sites for hydroxylation is 6. The van der Waals surface area contributed by atoms with Gasteiger partial charge in [-0.25, -0.2) is 0 Å². The second-order valence-electron chi connectivity index (χ2n) is 23.3. The summed E-state index contributed by atoms with van der Waals surface area (Å²) in [5.74, 6) is 1.56. The molecule has 4 aliphatic rings. The highest BCUT2D eigenvalue weighted by atomic mass is 15.0. The van der Waals surface area contributed by atoms with Crippen LogP contribution in [0.25, 0.3) is 66.1 Å². The first-order chi connectivity index (χ1) is 35.5. The monoisotopic (exact) mass is 943 g/mol. The molecule has 0 radical (unpaired) electrons. The van der Waals surface area contributed by atoms with Gasteiger partial charge in [0.05, 0.1) is 22.1 Å². The summed E-state index contributed by atoms with van der Waals surface area (Å²) in [5.41, 5.74) is 25.8. The zero-order chi connectivity index (χ0) is 49.3. The van der Waals surface area contributed by atoms with Crippen molar-refractivity contribution in [3.05, 3.63) is 233 Å². The van der Waals surface area contributed by atoms with E-state index in [2.05, 4.69) is 239 Å². The molecule has 4 aliphatic carbocycles. The van der Waals surface area contributed by atoms with Crippen molar-refractivity contribution in [2.45, 2.75) is 90.9 Å². The summed E-state index contributed by atoms with van der Waals surface area (Å²) in [4.78, 5) is 0. The molecule has 15 rings (SSSR count). The Morgan fingerprint density at radius 3 is 1.34 bits per heavy atom. The smallest absolute Gasteiger partial charge is 0.242 e. The first-order valence-corrected chi connectivity index (χ1v) is 27.0. The Morgan fingerprint density at radius 1 is 0.384 bits per heavy atom. The molecule has 2 heterocycles. The van der Waals surface area contributed by atoms with Crippen LogP contribution in [0.2, 0.25) is 0 Å². The summed E-state index contributed by atoms with van der Waals surface area (Å²) in [6.45, 7) is 13.8. The molecule has 2 atom stereocenters. The van der Waals surface area contributed by atoms with Crippen molar-refractivity contribution < 1.29 is 0 Å². The number of hydrogen-bond acceptors (Lipinski definition) is 0. The van der Waals surface area contributed by atoms with Crippen LogP contribution in [-0.2, 0) is 10.8 Å². The van der Waals surface area contributed by atoms with Crippen LogP contribution in [0.4, 0.5) is 0 Å². The molecule has 2 nitrogen and oxygen atoms in total. The van der Waals surface area contributed by atoms with Crippen LogP contribution in [-0.4, -0.2) is 15.8 Å². The van der Waals surface area contributed by atoms with Crippen molar-refractivity contribution in [3.63, 3.8) is 0 Å². The number of para-hydroxylation sites is 3. The van der Waals surface area contributed by atoms with Crippen molar-refractivity contribution in [2.75, 3.05) is 0 Å². The van der Waals surface area contributed by atoms with E-state index < -0.39 is 0 Å². The van der Waals surface area contributed by atoms with Crippen LogP contribution < -0.4 is 16.4 Å². The number of aromatic nitrogens is 2. The summed E-state index contributed by atoms with van der Waals surface area (Å²) < 4.78 is 4.94. The zero-order valence-electron chi connectivity index (χ0n) is 43.3. The first kappa shape index (κ1) is 44.4. The highest BCUT2D eigenvalue weighted by Gasteiger charge is 2.58. The van der Waals surface area contributed by atoms with Crippen molar-refractivity contribution in [1.82, 2.24) is 9.13 Å². The number of nitrogens with zero attached hydrogens (tertiary/aromatic N) is 2. The fourth-order valence-corrected chi connectivity index (χ4v) is 16.1. The molecule has 4 bridgehead atoms. The van der Waals surface area contributed by atoms with Crippen LogP contribution in [0.3, 0.4) is 0 Å². The first-order valence-electron chi connectivity index (χ1n) is 27.0. The summed E-state index contributed by atoms with van der Waals surface area (Å²) in [6.07, 6.45) is 7.94. The van der Waals surface area contributed by atoms with Crippen molar-refractivity contribution in [3.8, 4) is 22.5 Å². The number of benzene rings is 9. The van der Waals surface area contributed by atoms with Gasteiger partial charge >= 0.3 is 0 Å². The molecule has 3 heteroatoms. The molecular weight excluding hydrogens is 880 g/mol. The Labute approximate surface area is 431 Å². The molecule has 73 heavy (non-hydrogen) atoms. The normalized spacial score (nSPS) is 20.2. The summed E-state index contributed by atoms with van der Waals surface area (Å²) in [5, 5.41) is 5.23. The SMILES string of the molecule is Cc1cc(C)c(B(c2ccc3c(c2)c2cc(-c4ccc(C56CC7CC(C5)CC(c5ccc(-n8c9ccccc9c9ccccc98)cc5)(C7)C6)cc4)ccc2n3-c2ccccc2)c2c(C)cc(C)cc2C)c(C)c1. The molecule has 0 saturated heterocycles. The minimum Gasteiger partial charge on any atom is -0.309 e. The van der Waals surface area contributed by atoms with E-state index in [0.717, 1.165) is 11.8 Å². The van der Waals surface area contributed by atoms with Crippen molar-refractivity contribution >= 4 is 66.7 Å². The predicted molar refractivity (Wildman–Crippen MR) is 311 cm³/mol. The molecular formula is C70H63BN2. The van der Waals surface area contributed by atoms with Gasteiger partial charge in [0.25, 0.3) is 0 Å². The van der Waals surface area contributed by atoms with Gasteiger partial charge in [0.2, 0.25) is 6.71 Å². The fraction of sp³-hybridized carbons (Fsp3) is 0.229. The average Bonchev–Trinajstić information content (AvgIpc) is 3.90. The highest BCUT2D eigenvalue weighted by molar-refractivity contribution is 6.96. The molecule has 356 valence electrons. The molecule has 2 aromatic heterocycles. The van der Waals surface area contributed by atoms with E-state index in [1.54, 1.807) is 11.1 Å². The standard InChI is InChI=1S/C70H63BN2/c1-44-32-46(3)67(47(4)33-44)71(68-48(5)34-45(2)35-49(68)6)56-27-31-66-62(38-56)61-37-53(22-30-65(61)72(66)57-14-8-7-9-15-57)52-20-23-54(24-21-52)69-39-50-36-51(40-69)42-70(41-50,43-69)55-25-28-58(29-26-55)73-63-18-12-10-16-59(63)60-17-11-13-19-64(60)73/h7-35,37-38,50-51H,36,39-43H2,1-6H3. The molecule has 0 amide bonds. The maximum absolute atomic E-state index is 2.53. The topological polar surface area (TPSA) is 9.86 Å². The van der Waals surface area contributed by atoms with Gasteiger partial charge in [-0.3, -0.25) is 0 Å². The maximum Gasteiger partial charge on any atom is 0.242 e. The Bertz CT molecular complexity index is 3830. The van der Waals surface area contributed by atoms with Gasteiger partial charge in [-0.05, 0) is 180 Å². The van der Waals surface area contributed by atoms with Gasteiger partial charge in [-0.2, -0.15) is 0 Å². The molecule has 4 saturated carbocycles. The van der Waals surface area contributed by atoms with Gasteiger partial charge < -0.3 is 9.13 Å². The molecule has 11 aromatic rings.